The van der Waals surface area contributed by atoms with Crippen molar-refractivity contribution >= 4 is 50.1 Å². The zero-order chi connectivity index (χ0) is 24.2. The summed E-state index contributed by atoms with van der Waals surface area (Å²) < 4.78 is 5.69. The third kappa shape index (κ3) is 5.44. The Labute approximate surface area is 204 Å². The molecule has 1 aliphatic rings. The van der Waals surface area contributed by atoms with Gasteiger partial charge in [-0.1, -0.05) is 28.1 Å². The van der Waals surface area contributed by atoms with E-state index in [9.17, 15) is 19.7 Å². The fraction of sp³-hybridized carbons (Fsp3) is 0.304. The molecule has 11 heteroatoms. The second-order valence-corrected chi connectivity index (χ2v) is 9.00. The second-order valence-electron chi connectivity index (χ2n) is 8.08. The van der Waals surface area contributed by atoms with Crippen molar-refractivity contribution in [3.63, 3.8) is 0 Å². The highest BCUT2D eigenvalue weighted by molar-refractivity contribution is 9.10. The number of nitro groups is 1. The van der Waals surface area contributed by atoms with Crippen LogP contribution in [-0.4, -0.2) is 71.4 Å². The van der Waals surface area contributed by atoms with Crippen LogP contribution in [0.15, 0.2) is 46.9 Å². The van der Waals surface area contributed by atoms with E-state index in [1.807, 2.05) is 18.2 Å². The Morgan fingerprint density at radius 2 is 1.79 bits per heavy atom. The summed E-state index contributed by atoms with van der Waals surface area (Å²) in [6, 6.07) is 12.1. The third-order valence-electron chi connectivity index (χ3n) is 5.80. The topological polar surface area (TPSA) is 121 Å². The maximum Gasteiger partial charge on any atom is 0.356 e. The third-order valence-corrected chi connectivity index (χ3v) is 6.29. The Kier molecular flexibility index (Phi) is 7.25. The minimum Gasteiger partial charge on any atom is -0.464 e. The number of ether oxygens (including phenoxy) is 1. The number of nitro benzene ring substituents is 1. The number of carbonyl (C=O) groups is 2. The number of non-ortho nitro benzene ring substituents is 1. The highest BCUT2D eigenvalue weighted by Crippen LogP contribution is 2.31. The van der Waals surface area contributed by atoms with Gasteiger partial charge in [-0.2, -0.15) is 0 Å². The van der Waals surface area contributed by atoms with Crippen LogP contribution in [-0.2, 0) is 16.1 Å². The molecule has 2 N–H and O–H groups in total. The average Bonchev–Trinajstić information content (AvgIpc) is 3.17. The maximum atomic E-state index is 12.8. The molecule has 10 nitrogen and oxygen atoms in total. The maximum absolute atomic E-state index is 12.8. The van der Waals surface area contributed by atoms with Crippen LogP contribution in [0.3, 0.4) is 0 Å². The van der Waals surface area contributed by atoms with Crippen molar-refractivity contribution in [2.45, 2.75) is 6.54 Å². The average molecular weight is 530 g/mol. The number of aromatic amines is 1. The Hall–Kier alpha value is -3.28. The zero-order valence-electron chi connectivity index (χ0n) is 18.5. The standard InChI is InChI=1S/C23H24BrN5O5/c1-34-23(31)22-21(18-12-16(24)4-7-19(18)25-22)26-20(30)14-28-10-8-27(9-11-28)13-15-2-5-17(6-3-15)29(32)33/h2-7,12,25H,8-11,13-14H2,1H3,(H,26,30). The molecule has 0 bridgehead atoms. The van der Waals surface area contributed by atoms with E-state index < -0.39 is 10.9 Å². The number of carbonyl (C=O) groups excluding carboxylic acids is 2. The quantitative estimate of drug-likeness (QED) is 0.273. The number of nitrogens with zero attached hydrogens (tertiary/aromatic N) is 3. The number of anilines is 1. The Morgan fingerprint density at radius 3 is 2.44 bits per heavy atom. The number of amides is 1. The lowest BCUT2D eigenvalue weighted by Gasteiger charge is -2.34. The molecule has 2 heterocycles. The predicted octanol–water partition coefficient (Wildman–Crippen LogP) is 3.38. The fourth-order valence-corrected chi connectivity index (χ4v) is 4.38. The molecular weight excluding hydrogens is 506 g/mol. The summed E-state index contributed by atoms with van der Waals surface area (Å²) in [5, 5.41) is 14.4. The lowest BCUT2D eigenvalue weighted by molar-refractivity contribution is -0.384. The molecule has 3 aromatic rings. The molecule has 1 saturated heterocycles. The summed E-state index contributed by atoms with van der Waals surface area (Å²) >= 11 is 3.43. The summed E-state index contributed by atoms with van der Waals surface area (Å²) in [5.41, 5.74) is 2.43. The van der Waals surface area contributed by atoms with E-state index in [1.54, 1.807) is 12.1 Å². The normalized spacial score (nSPS) is 14.8. The minimum atomic E-state index is -0.553. The molecule has 4 rings (SSSR count). The number of hydrogen-bond donors (Lipinski definition) is 2. The van der Waals surface area contributed by atoms with Gasteiger partial charge in [-0.05, 0) is 23.8 Å². The van der Waals surface area contributed by atoms with Crippen LogP contribution in [0.1, 0.15) is 16.1 Å². The first kappa shape index (κ1) is 23.9. The van der Waals surface area contributed by atoms with E-state index in [-0.39, 0.29) is 23.8 Å². The van der Waals surface area contributed by atoms with E-state index in [0.717, 1.165) is 34.0 Å². The molecule has 1 aromatic heterocycles. The van der Waals surface area contributed by atoms with Crippen LogP contribution < -0.4 is 5.32 Å². The van der Waals surface area contributed by atoms with E-state index in [2.05, 4.69) is 36.0 Å². The van der Waals surface area contributed by atoms with Gasteiger partial charge in [0, 0.05) is 60.2 Å². The van der Waals surface area contributed by atoms with Crippen LogP contribution in [0.2, 0.25) is 0 Å². The highest BCUT2D eigenvalue weighted by Gasteiger charge is 2.23. The number of esters is 1. The van der Waals surface area contributed by atoms with E-state index in [1.165, 1.54) is 19.2 Å². The number of nitrogens with one attached hydrogen (secondary N) is 2. The molecule has 2 aromatic carbocycles. The van der Waals surface area contributed by atoms with Gasteiger partial charge in [0.15, 0.2) is 0 Å². The van der Waals surface area contributed by atoms with Gasteiger partial charge in [-0.3, -0.25) is 24.7 Å². The van der Waals surface area contributed by atoms with Crippen molar-refractivity contribution in [3.8, 4) is 0 Å². The number of piperazine rings is 1. The summed E-state index contributed by atoms with van der Waals surface area (Å²) in [6.45, 7) is 3.88. The summed E-state index contributed by atoms with van der Waals surface area (Å²) in [4.78, 5) is 42.8. The SMILES string of the molecule is COC(=O)c1[nH]c2ccc(Br)cc2c1NC(=O)CN1CCN(Cc2ccc([N+](=O)[O-])cc2)CC1. The summed E-state index contributed by atoms with van der Waals surface area (Å²) in [6.07, 6.45) is 0. The van der Waals surface area contributed by atoms with Gasteiger partial charge >= 0.3 is 5.97 Å². The van der Waals surface area contributed by atoms with Crippen LogP contribution >= 0.6 is 15.9 Å². The molecule has 1 amide bonds. The lowest BCUT2D eigenvalue weighted by Crippen LogP contribution is -2.48. The van der Waals surface area contributed by atoms with Crippen LogP contribution in [0, 0.1) is 10.1 Å². The number of aromatic nitrogens is 1. The molecule has 0 radical (unpaired) electrons. The number of halogens is 1. The van der Waals surface area contributed by atoms with E-state index in [0.29, 0.717) is 25.3 Å². The molecule has 0 aliphatic carbocycles. The first-order chi connectivity index (χ1) is 16.3. The zero-order valence-corrected chi connectivity index (χ0v) is 20.1. The Bertz CT molecular complexity index is 1220. The van der Waals surface area contributed by atoms with Crippen molar-refractivity contribution in [1.29, 1.82) is 0 Å². The molecule has 0 unspecified atom stereocenters. The second kappa shape index (κ2) is 10.3. The van der Waals surface area contributed by atoms with Gasteiger partial charge in [-0.15, -0.1) is 0 Å². The first-order valence-corrected chi connectivity index (χ1v) is 11.5. The van der Waals surface area contributed by atoms with Crippen LogP contribution in [0.25, 0.3) is 10.9 Å². The van der Waals surface area contributed by atoms with Gasteiger partial charge in [0.1, 0.15) is 5.69 Å². The molecule has 1 aliphatic heterocycles. The van der Waals surface area contributed by atoms with Gasteiger partial charge in [-0.25, -0.2) is 4.79 Å². The van der Waals surface area contributed by atoms with Crippen molar-refractivity contribution in [2.75, 3.05) is 45.2 Å². The van der Waals surface area contributed by atoms with E-state index in [4.69, 9.17) is 4.74 Å². The highest BCUT2D eigenvalue weighted by atomic mass is 79.9. The molecular formula is C23H24BrN5O5. The summed E-state index contributed by atoms with van der Waals surface area (Å²) in [7, 11) is 1.30. The Morgan fingerprint density at radius 1 is 1.12 bits per heavy atom. The van der Waals surface area contributed by atoms with Gasteiger partial charge in [0.25, 0.3) is 5.69 Å². The van der Waals surface area contributed by atoms with Gasteiger partial charge < -0.3 is 15.0 Å². The van der Waals surface area contributed by atoms with Crippen LogP contribution in [0.4, 0.5) is 11.4 Å². The fourth-order valence-electron chi connectivity index (χ4n) is 4.02. The lowest BCUT2D eigenvalue weighted by atomic mass is 10.2. The van der Waals surface area contributed by atoms with Crippen LogP contribution in [0.5, 0.6) is 0 Å². The van der Waals surface area contributed by atoms with E-state index >= 15 is 0 Å². The molecule has 178 valence electrons. The smallest absolute Gasteiger partial charge is 0.356 e. The number of methoxy groups -OCH3 is 1. The number of fused-ring (bicyclic) bond motifs is 1. The number of hydrogen-bond acceptors (Lipinski definition) is 7. The minimum absolute atomic E-state index is 0.0810. The van der Waals surface area contributed by atoms with Crippen molar-refractivity contribution in [1.82, 2.24) is 14.8 Å². The van der Waals surface area contributed by atoms with Gasteiger partial charge in [0.05, 0.1) is 24.3 Å². The number of H-pyrrole nitrogens is 1. The molecule has 0 atom stereocenters. The number of benzene rings is 2. The predicted molar refractivity (Wildman–Crippen MR) is 131 cm³/mol. The van der Waals surface area contributed by atoms with Gasteiger partial charge in [0.2, 0.25) is 5.91 Å². The molecule has 0 spiro atoms. The van der Waals surface area contributed by atoms with Crippen molar-refractivity contribution in [2.24, 2.45) is 0 Å². The first-order valence-electron chi connectivity index (χ1n) is 10.7. The molecule has 1 fully saturated rings. The molecule has 34 heavy (non-hydrogen) atoms. The van der Waals surface area contributed by atoms with Crippen molar-refractivity contribution in [3.05, 3.63) is 68.3 Å². The molecule has 0 saturated carbocycles. The Balaban J connectivity index is 1.35. The van der Waals surface area contributed by atoms with Crippen molar-refractivity contribution < 1.29 is 19.2 Å². The summed E-state index contributed by atoms with van der Waals surface area (Å²) in [5.74, 6) is -0.766. The number of rotatable bonds is 7. The largest absolute Gasteiger partial charge is 0.464 e. The monoisotopic (exact) mass is 529 g/mol.